The molecule has 3 rings (SSSR count). The molecule has 2 aromatic rings. The fourth-order valence-electron chi connectivity index (χ4n) is 8.04. The first-order valence-corrected chi connectivity index (χ1v) is 22.5. The van der Waals surface area contributed by atoms with E-state index in [0.29, 0.717) is 0 Å². The molecule has 66 heavy (non-hydrogen) atoms. The number of ether oxygens (including phenoxy) is 2. The number of ketones is 1. The van der Waals surface area contributed by atoms with Crippen molar-refractivity contribution >= 4 is 58.3 Å². The number of nitrogens with one attached hydrogen (secondary N) is 2. The van der Waals surface area contributed by atoms with Gasteiger partial charge in [0.1, 0.15) is 23.3 Å². The highest BCUT2D eigenvalue weighted by Gasteiger charge is 2.47. The van der Waals surface area contributed by atoms with Crippen molar-refractivity contribution in [3.05, 3.63) is 59.8 Å². The number of hydrogen-bond donors (Lipinski definition) is 2. The highest BCUT2D eigenvalue weighted by Crippen LogP contribution is 2.37. The lowest BCUT2D eigenvalue weighted by atomic mass is 9.76. The van der Waals surface area contributed by atoms with Crippen molar-refractivity contribution in [3.8, 4) is 0 Å². The van der Waals surface area contributed by atoms with Gasteiger partial charge in [-0.1, -0.05) is 72.7 Å². The molecular weight excluding hydrogens is 845 g/mol. The van der Waals surface area contributed by atoms with Crippen LogP contribution in [-0.2, 0) is 55.5 Å². The summed E-state index contributed by atoms with van der Waals surface area (Å²) in [5.74, 6) is -4.12. The summed E-state index contributed by atoms with van der Waals surface area (Å²) in [7, 11) is 5.02. The van der Waals surface area contributed by atoms with Crippen LogP contribution in [0.25, 0.3) is 10.9 Å². The van der Waals surface area contributed by atoms with Crippen molar-refractivity contribution in [1.82, 2.24) is 29.9 Å². The first-order valence-electron chi connectivity index (χ1n) is 22.5. The van der Waals surface area contributed by atoms with Crippen molar-refractivity contribution < 1.29 is 47.8 Å². The maximum absolute atomic E-state index is 14.9. The Morgan fingerprint density at radius 3 is 1.89 bits per heavy atom. The van der Waals surface area contributed by atoms with Gasteiger partial charge in [-0.05, 0) is 77.8 Å². The van der Waals surface area contributed by atoms with Gasteiger partial charge in [0.25, 0.3) is 11.8 Å². The maximum Gasteiger partial charge on any atom is 0.410 e. The second-order valence-corrected chi connectivity index (χ2v) is 21.3. The Labute approximate surface area is 390 Å². The highest BCUT2D eigenvalue weighted by atomic mass is 16.6. The van der Waals surface area contributed by atoms with Crippen LogP contribution in [0.5, 0.6) is 0 Å². The molecule has 6 amide bonds. The van der Waals surface area contributed by atoms with Crippen LogP contribution in [0, 0.1) is 11.3 Å². The molecule has 0 aliphatic carbocycles. The topological polar surface area (TPSA) is 194 Å². The number of para-hydroxylation sites is 1. The van der Waals surface area contributed by atoms with Gasteiger partial charge in [-0.25, -0.2) is 4.79 Å². The second kappa shape index (κ2) is 21.2. The minimum Gasteiger partial charge on any atom is -0.460 e. The van der Waals surface area contributed by atoms with Crippen LogP contribution in [0.1, 0.15) is 122 Å². The van der Waals surface area contributed by atoms with Gasteiger partial charge in [-0.3, -0.25) is 43.4 Å². The summed E-state index contributed by atoms with van der Waals surface area (Å²) < 4.78 is 13.2. The number of nitrogens with zero attached hydrogens (tertiary/aromatic N) is 4. The van der Waals surface area contributed by atoms with Crippen LogP contribution in [-0.4, -0.2) is 123 Å². The van der Waals surface area contributed by atoms with Crippen LogP contribution >= 0.6 is 0 Å². The standard InChI is InChI=1S/C50H74N6O10/c1-30(2)36(27-31(3)43(61)51-34(28-40(60)65-48(7,8)9)37(57)23-20-26-56-38(58)24-25-39(56)59)54(16)45(63)41(47(4,5)6)52-44(62)42(55(17)46(64)66-49(10,11)12)50(13,14)33-29-53(15)35-22-19-18-21-32(33)35/h18-19,21-22,24-25,27,29-30,34,36,41-42H,20,23,26,28H2,1-17H3,(H,51,61)(H,52,62)/b31-27+/t34-,36+,41+,42+/m0/s1. The number of amides is 6. The van der Waals surface area contributed by atoms with E-state index >= 15 is 0 Å². The molecule has 0 bridgehead atoms. The lowest BCUT2D eigenvalue weighted by Gasteiger charge is -2.42. The third kappa shape index (κ3) is 14.1. The van der Waals surface area contributed by atoms with Gasteiger partial charge >= 0.3 is 12.1 Å². The van der Waals surface area contributed by atoms with Crippen LogP contribution in [0.4, 0.5) is 4.79 Å². The average molecular weight is 919 g/mol. The third-order valence-electron chi connectivity index (χ3n) is 11.4. The van der Waals surface area contributed by atoms with Crippen LogP contribution in [0.2, 0.25) is 0 Å². The van der Waals surface area contributed by atoms with Crippen molar-refractivity contribution in [2.45, 2.75) is 157 Å². The zero-order chi connectivity index (χ0) is 50.4. The summed E-state index contributed by atoms with van der Waals surface area (Å²) in [6.07, 6.45) is 4.64. The van der Waals surface area contributed by atoms with Gasteiger partial charge in [0, 0.05) is 74.3 Å². The molecule has 1 aromatic heterocycles. The number of hydrogen-bond acceptors (Lipinski definition) is 10. The number of rotatable bonds is 18. The summed E-state index contributed by atoms with van der Waals surface area (Å²) in [5, 5.41) is 6.62. The molecule has 1 aliphatic heterocycles. The van der Waals surface area contributed by atoms with Gasteiger partial charge in [-0.15, -0.1) is 0 Å². The average Bonchev–Trinajstić information content (AvgIpc) is 3.69. The van der Waals surface area contributed by atoms with E-state index in [0.717, 1.165) is 33.5 Å². The van der Waals surface area contributed by atoms with Crippen molar-refractivity contribution in [2.24, 2.45) is 18.4 Å². The number of carbonyl (C=O) groups is 8. The molecule has 16 nitrogen and oxygen atoms in total. The Balaban J connectivity index is 1.96. The molecule has 0 radical (unpaired) electrons. The summed E-state index contributed by atoms with van der Waals surface area (Å²) in [4.78, 5) is 112. The smallest absolute Gasteiger partial charge is 0.410 e. The predicted octanol–water partition coefficient (Wildman–Crippen LogP) is 6.14. The lowest BCUT2D eigenvalue weighted by Crippen LogP contribution is -2.63. The number of carbonyl (C=O) groups excluding carboxylic acids is 8. The van der Waals surface area contributed by atoms with Crippen LogP contribution in [0.15, 0.2) is 54.3 Å². The first-order chi connectivity index (χ1) is 30.2. The lowest BCUT2D eigenvalue weighted by molar-refractivity contribution is -0.156. The molecule has 0 fully saturated rings. The monoisotopic (exact) mass is 919 g/mol. The SMILES string of the molecule is C/C(=C\[C@H](C(C)C)N(C)C(=O)[C@@H](NC(=O)[C@@H](N(C)C(=O)OC(C)(C)C)C(C)(C)c1cn(C)c2ccccc12)C(C)(C)C)C(=O)N[C@@H](CC(=O)OC(C)(C)C)C(=O)CCCN1C(=O)C=CC1=O. The Morgan fingerprint density at radius 1 is 0.803 bits per heavy atom. The predicted molar refractivity (Wildman–Crippen MR) is 253 cm³/mol. The Kier molecular flexibility index (Phi) is 17.5. The fourth-order valence-corrected chi connectivity index (χ4v) is 8.04. The second-order valence-electron chi connectivity index (χ2n) is 21.3. The van der Waals surface area contributed by atoms with Gasteiger partial charge in [0.2, 0.25) is 17.7 Å². The maximum atomic E-state index is 14.9. The van der Waals surface area contributed by atoms with Crippen molar-refractivity contribution in [1.29, 1.82) is 0 Å². The Hall–Kier alpha value is -5.80. The van der Waals surface area contributed by atoms with Gasteiger partial charge in [0.05, 0.1) is 18.5 Å². The molecule has 0 saturated heterocycles. The van der Waals surface area contributed by atoms with E-state index < -0.39 is 100 Å². The Morgan fingerprint density at radius 2 is 1.36 bits per heavy atom. The summed E-state index contributed by atoms with van der Waals surface area (Å²) >= 11 is 0. The molecule has 1 aromatic carbocycles. The summed E-state index contributed by atoms with van der Waals surface area (Å²) in [6, 6.07) is 3.52. The minimum absolute atomic E-state index is 0.0159. The molecule has 4 atom stereocenters. The van der Waals surface area contributed by atoms with E-state index in [-0.39, 0.29) is 30.9 Å². The molecule has 2 heterocycles. The van der Waals surface area contributed by atoms with Gasteiger partial charge < -0.3 is 29.6 Å². The van der Waals surface area contributed by atoms with E-state index in [4.69, 9.17) is 9.47 Å². The number of benzene rings is 1. The molecule has 0 unspecified atom stereocenters. The number of likely N-dealkylation sites (N-methyl/N-ethyl adjacent to an activating group) is 2. The van der Waals surface area contributed by atoms with Crippen molar-refractivity contribution in [2.75, 3.05) is 20.6 Å². The normalized spacial score (nSPS) is 15.6. The zero-order valence-corrected chi connectivity index (χ0v) is 42.2. The fraction of sp³-hybridized carbons (Fsp3) is 0.600. The summed E-state index contributed by atoms with van der Waals surface area (Å²) in [6.45, 7) is 24.8. The number of esters is 1. The molecule has 1 aliphatic rings. The first kappa shape index (κ1) is 54.5. The number of aryl methyl sites for hydroxylation is 1. The minimum atomic E-state index is -1.29. The molecule has 16 heteroatoms. The van der Waals surface area contributed by atoms with E-state index in [1.165, 1.54) is 23.8 Å². The van der Waals surface area contributed by atoms with Gasteiger partial charge in [0.15, 0.2) is 5.78 Å². The number of fused-ring (bicyclic) bond motifs is 1. The molecule has 364 valence electrons. The van der Waals surface area contributed by atoms with Crippen LogP contribution < -0.4 is 10.6 Å². The molecule has 0 spiro atoms. The quantitative estimate of drug-likeness (QED) is 0.0997. The molecular formula is C50H74N6O10. The van der Waals surface area contributed by atoms with E-state index in [1.807, 2.05) is 90.5 Å². The highest BCUT2D eigenvalue weighted by molar-refractivity contribution is 6.13. The van der Waals surface area contributed by atoms with Gasteiger partial charge in [-0.2, -0.15) is 0 Å². The number of Topliss-reactive ketones (excluding diaryl/α,β-unsaturated/α-hetero) is 1. The Bertz CT molecular complexity index is 2210. The molecule has 0 saturated carbocycles. The largest absolute Gasteiger partial charge is 0.460 e. The molecule has 2 N–H and O–H groups in total. The number of aromatic nitrogens is 1. The third-order valence-corrected chi connectivity index (χ3v) is 11.4. The zero-order valence-electron chi connectivity index (χ0n) is 42.2. The van der Waals surface area contributed by atoms with E-state index in [2.05, 4.69) is 10.6 Å². The van der Waals surface area contributed by atoms with Crippen LogP contribution in [0.3, 0.4) is 0 Å². The number of imide groups is 1. The summed E-state index contributed by atoms with van der Waals surface area (Å²) in [5.41, 5.74) is -1.68. The van der Waals surface area contributed by atoms with Crippen molar-refractivity contribution in [3.63, 3.8) is 0 Å². The van der Waals surface area contributed by atoms with E-state index in [1.54, 1.807) is 54.7 Å². The van der Waals surface area contributed by atoms with E-state index in [9.17, 15) is 38.4 Å².